The van der Waals surface area contributed by atoms with E-state index in [4.69, 9.17) is 4.74 Å². The summed E-state index contributed by atoms with van der Waals surface area (Å²) in [6.45, 7) is 5.62. The first-order valence-corrected chi connectivity index (χ1v) is 6.84. The molecular weight excluding hydrogens is 256 g/mol. The van der Waals surface area contributed by atoms with Gasteiger partial charge < -0.3 is 20.5 Å². The number of rotatable bonds is 7. The quantitative estimate of drug-likeness (QED) is 0.715. The highest BCUT2D eigenvalue weighted by Gasteiger charge is 2.13. The number of anilines is 1. The van der Waals surface area contributed by atoms with Gasteiger partial charge in [-0.2, -0.15) is 0 Å². The zero-order chi connectivity index (χ0) is 15.1. The lowest BCUT2D eigenvalue weighted by Crippen LogP contribution is -2.33. The van der Waals surface area contributed by atoms with Gasteiger partial charge in [0.05, 0.1) is 19.4 Å². The number of carbonyl (C=O) groups excluding carboxylic acids is 1. The first-order chi connectivity index (χ1) is 9.51. The minimum absolute atomic E-state index is 0.0660. The summed E-state index contributed by atoms with van der Waals surface area (Å²) in [6.07, 6.45) is 0.857. The monoisotopic (exact) mass is 280 g/mol. The van der Waals surface area contributed by atoms with Crippen molar-refractivity contribution in [1.82, 2.24) is 5.32 Å². The first-order valence-electron chi connectivity index (χ1n) is 6.84. The number of ether oxygens (including phenoxy) is 1. The molecule has 1 aromatic rings. The molecule has 2 unspecified atom stereocenters. The molecule has 0 aromatic heterocycles. The van der Waals surface area contributed by atoms with Gasteiger partial charge in [0.2, 0.25) is 5.91 Å². The Bertz CT molecular complexity index is 445. The number of aliphatic hydroxyl groups excluding tert-OH is 1. The van der Waals surface area contributed by atoms with Crippen molar-refractivity contribution in [2.24, 2.45) is 0 Å². The molecule has 1 aromatic carbocycles. The molecule has 0 saturated heterocycles. The third-order valence-corrected chi connectivity index (χ3v) is 3.23. The van der Waals surface area contributed by atoms with Gasteiger partial charge in [-0.15, -0.1) is 0 Å². The van der Waals surface area contributed by atoms with Crippen molar-refractivity contribution in [3.05, 3.63) is 23.8 Å². The average Bonchev–Trinajstić information content (AvgIpc) is 2.43. The smallest absolute Gasteiger partial charge is 0.221 e. The van der Waals surface area contributed by atoms with Crippen molar-refractivity contribution < 1.29 is 14.6 Å². The highest BCUT2D eigenvalue weighted by atomic mass is 16.5. The number of hydrogen-bond donors (Lipinski definition) is 3. The van der Waals surface area contributed by atoms with Crippen molar-refractivity contribution in [1.29, 1.82) is 0 Å². The van der Waals surface area contributed by atoms with Crippen molar-refractivity contribution in [3.8, 4) is 5.75 Å². The van der Waals surface area contributed by atoms with Gasteiger partial charge in [0.15, 0.2) is 0 Å². The van der Waals surface area contributed by atoms with Crippen LogP contribution in [0.4, 0.5) is 5.69 Å². The third kappa shape index (κ3) is 4.51. The van der Waals surface area contributed by atoms with E-state index in [2.05, 4.69) is 10.6 Å². The Kier molecular flexibility index (Phi) is 6.48. The van der Waals surface area contributed by atoms with Crippen LogP contribution in [0.5, 0.6) is 5.75 Å². The second-order valence-electron chi connectivity index (χ2n) is 4.82. The lowest BCUT2D eigenvalue weighted by molar-refractivity contribution is -0.114. The van der Waals surface area contributed by atoms with Gasteiger partial charge in [-0.25, -0.2) is 0 Å². The van der Waals surface area contributed by atoms with E-state index in [0.717, 1.165) is 12.0 Å². The van der Waals surface area contributed by atoms with Gasteiger partial charge in [-0.05, 0) is 31.0 Å². The summed E-state index contributed by atoms with van der Waals surface area (Å²) >= 11 is 0. The SMILES string of the molecule is CCC(CO)NC(C)c1ccc(OC)c(NC(C)=O)c1. The van der Waals surface area contributed by atoms with Crippen LogP contribution in [0, 0.1) is 0 Å². The standard InChI is InChI=1S/C15H24N2O3/c1-5-13(9-18)16-10(2)12-6-7-15(20-4)14(8-12)17-11(3)19/h6-8,10,13,16,18H,5,9H2,1-4H3,(H,17,19). The van der Waals surface area contributed by atoms with Gasteiger partial charge >= 0.3 is 0 Å². The Morgan fingerprint density at radius 1 is 1.45 bits per heavy atom. The van der Waals surface area contributed by atoms with Crippen LogP contribution in [-0.4, -0.2) is 30.8 Å². The molecule has 0 saturated carbocycles. The molecule has 112 valence electrons. The van der Waals surface area contributed by atoms with Crippen LogP contribution < -0.4 is 15.4 Å². The van der Waals surface area contributed by atoms with Crippen LogP contribution in [0.2, 0.25) is 0 Å². The molecule has 1 rings (SSSR count). The van der Waals surface area contributed by atoms with Gasteiger partial charge in [0.1, 0.15) is 5.75 Å². The lowest BCUT2D eigenvalue weighted by Gasteiger charge is -2.22. The molecule has 0 aliphatic heterocycles. The Hall–Kier alpha value is -1.59. The van der Waals surface area contributed by atoms with Gasteiger partial charge in [-0.1, -0.05) is 13.0 Å². The molecule has 0 aliphatic carbocycles. The maximum absolute atomic E-state index is 11.2. The van der Waals surface area contributed by atoms with Crippen LogP contribution in [-0.2, 0) is 4.79 Å². The number of nitrogens with one attached hydrogen (secondary N) is 2. The topological polar surface area (TPSA) is 70.6 Å². The summed E-state index contributed by atoms with van der Waals surface area (Å²) in [4.78, 5) is 11.2. The maximum atomic E-state index is 11.2. The van der Waals surface area contributed by atoms with Crippen LogP contribution in [0.15, 0.2) is 18.2 Å². The minimum Gasteiger partial charge on any atom is -0.495 e. The lowest BCUT2D eigenvalue weighted by atomic mass is 10.1. The molecular formula is C15H24N2O3. The number of carbonyl (C=O) groups is 1. The number of hydrogen-bond acceptors (Lipinski definition) is 4. The van der Waals surface area contributed by atoms with E-state index < -0.39 is 0 Å². The second kappa shape index (κ2) is 7.87. The predicted octanol–water partition coefficient (Wildman–Crippen LogP) is 2.08. The number of benzene rings is 1. The third-order valence-electron chi connectivity index (χ3n) is 3.23. The van der Waals surface area contributed by atoms with E-state index in [1.807, 2.05) is 32.0 Å². The van der Waals surface area contributed by atoms with E-state index in [1.54, 1.807) is 7.11 Å². The van der Waals surface area contributed by atoms with Crippen LogP contribution >= 0.6 is 0 Å². The summed E-state index contributed by atoms with van der Waals surface area (Å²) in [5, 5.41) is 15.3. The molecule has 0 radical (unpaired) electrons. The summed E-state index contributed by atoms with van der Waals surface area (Å²) in [5.41, 5.74) is 1.68. The second-order valence-corrected chi connectivity index (χ2v) is 4.82. The van der Waals surface area contributed by atoms with Crippen molar-refractivity contribution in [2.45, 2.75) is 39.3 Å². The fourth-order valence-corrected chi connectivity index (χ4v) is 2.03. The molecule has 0 fully saturated rings. The Morgan fingerprint density at radius 2 is 2.15 bits per heavy atom. The molecule has 3 N–H and O–H groups in total. The fraction of sp³-hybridized carbons (Fsp3) is 0.533. The van der Waals surface area contributed by atoms with Gasteiger partial charge in [0, 0.05) is 19.0 Å². The van der Waals surface area contributed by atoms with E-state index in [-0.39, 0.29) is 24.6 Å². The first kappa shape index (κ1) is 16.5. The normalized spacial score (nSPS) is 13.7. The molecule has 5 nitrogen and oxygen atoms in total. The van der Waals surface area contributed by atoms with Crippen LogP contribution in [0.3, 0.4) is 0 Å². The predicted molar refractivity (Wildman–Crippen MR) is 80.0 cm³/mol. The number of methoxy groups -OCH3 is 1. The van der Waals surface area contributed by atoms with Crippen molar-refractivity contribution >= 4 is 11.6 Å². The number of amides is 1. The largest absolute Gasteiger partial charge is 0.495 e. The molecule has 0 aliphatic rings. The Labute approximate surface area is 120 Å². The highest BCUT2D eigenvalue weighted by Crippen LogP contribution is 2.28. The minimum atomic E-state index is -0.136. The van der Waals surface area contributed by atoms with Gasteiger partial charge in [-0.3, -0.25) is 4.79 Å². The molecule has 20 heavy (non-hydrogen) atoms. The fourth-order valence-electron chi connectivity index (χ4n) is 2.03. The van der Waals surface area contributed by atoms with E-state index in [0.29, 0.717) is 11.4 Å². The van der Waals surface area contributed by atoms with E-state index >= 15 is 0 Å². The van der Waals surface area contributed by atoms with E-state index in [1.165, 1.54) is 6.92 Å². The molecule has 0 heterocycles. The molecule has 0 bridgehead atoms. The highest BCUT2D eigenvalue weighted by molar-refractivity contribution is 5.90. The Balaban J connectivity index is 2.92. The van der Waals surface area contributed by atoms with Crippen LogP contribution in [0.25, 0.3) is 0 Å². The zero-order valence-corrected chi connectivity index (χ0v) is 12.6. The molecule has 0 spiro atoms. The van der Waals surface area contributed by atoms with Gasteiger partial charge in [0.25, 0.3) is 0 Å². The summed E-state index contributed by atoms with van der Waals surface area (Å²) in [6, 6.07) is 5.81. The maximum Gasteiger partial charge on any atom is 0.221 e. The Morgan fingerprint density at radius 3 is 2.65 bits per heavy atom. The summed E-state index contributed by atoms with van der Waals surface area (Å²) in [7, 11) is 1.57. The van der Waals surface area contributed by atoms with Crippen molar-refractivity contribution in [2.75, 3.05) is 19.0 Å². The molecule has 1 amide bonds. The molecule has 5 heteroatoms. The van der Waals surface area contributed by atoms with Crippen molar-refractivity contribution in [3.63, 3.8) is 0 Å². The average molecular weight is 280 g/mol. The summed E-state index contributed by atoms with van der Waals surface area (Å²) in [5.74, 6) is 0.494. The number of aliphatic hydroxyl groups is 1. The molecule has 2 atom stereocenters. The van der Waals surface area contributed by atoms with Crippen LogP contribution in [0.1, 0.15) is 38.8 Å². The summed E-state index contributed by atoms with van der Waals surface area (Å²) < 4.78 is 5.23. The zero-order valence-electron chi connectivity index (χ0n) is 12.6. The van der Waals surface area contributed by atoms with E-state index in [9.17, 15) is 9.90 Å².